The normalized spacial score (nSPS) is 19.3. The van der Waals surface area contributed by atoms with Crippen molar-refractivity contribution in [3.8, 4) is 5.75 Å². The minimum atomic E-state index is -0.224. The van der Waals surface area contributed by atoms with Crippen LogP contribution in [0, 0.1) is 0 Å². The van der Waals surface area contributed by atoms with E-state index in [-0.39, 0.29) is 11.6 Å². The summed E-state index contributed by atoms with van der Waals surface area (Å²) in [4.78, 5) is 16.2. The monoisotopic (exact) mass is 352 g/mol. The molecule has 4 nitrogen and oxygen atoms in total. The molecular formula is C16H21BrN2O2. The van der Waals surface area contributed by atoms with Crippen LogP contribution in [0.2, 0.25) is 0 Å². The van der Waals surface area contributed by atoms with E-state index in [1.807, 2.05) is 24.1 Å². The summed E-state index contributed by atoms with van der Waals surface area (Å²) in [6, 6.07) is 4.02. The number of likely N-dealkylation sites (tertiary alicyclic amines) is 1. The van der Waals surface area contributed by atoms with E-state index in [2.05, 4.69) is 29.8 Å². The van der Waals surface area contributed by atoms with Gasteiger partial charge in [-0.3, -0.25) is 4.90 Å². The second-order valence-corrected chi connectivity index (χ2v) is 7.30. The van der Waals surface area contributed by atoms with Crippen molar-refractivity contribution in [3.05, 3.63) is 22.2 Å². The number of nitrogens with zero attached hydrogens (tertiary/aromatic N) is 2. The second kappa shape index (κ2) is 5.20. The largest absolute Gasteiger partial charge is 0.485 e. The van der Waals surface area contributed by atoms with Crippen molar-refractivity contribution in [2.24, 2.45) is 0 Å². The van der Waals surface area contributed by atoms with Crippen LogP contribution in [0.1, 0.15) is 32.3 Å². The molecule has 0 unspecified atom stereocenters. The quantitative estimate of drug-likeness (QED) is 0.769. The number of rotatable bonds is 1. The van der Waals surface area contributed by atoms with Gasteiger partial charge in [0.05, 0.1) is 5.69 Å². The van der Waals surface area contributed by atoms with Crippen LogP contribution in [0.3, 0.4) is 0 Å². The highest BCUT2D eigenvalue weighted by Gasteiger charge is 2.35. The maximum absolute atomic E-state index is 12.6. The summed E-state index contributed by atoms with van der Waals surface area (Å²) in [5.41, 5.74) is 1.78. The van der Waals surface area contributed by atoms with Gasteiger partial charge in [-0.1, -0.05) is 15.9 Å². The fraction of sp³-hybridized carbons (Fsp3) is 0.562. The maximum Gasteiger partial charge on any atom is 0.324 e. The second-order valence-electron chi connectivity index (χ2n) is 6.45. The molecule has 2 aliphatic heterocycles. The smallest absolute Gasteiger partial charge is 0.324 e. The topological polar surface area (TPSA) is 32.8 Å². The molecule has 2 amide bonds. The molecule has 21 heavy (non-hydrogen) atoms. The Hall–Kier alpha value is -1.23. The average Bonchev–Trinajstić information content (AvgIpc) is 3.04. The minimum Gasteiger partial charge on any atom is -0.485 e. The van der Waals surface area contributed by atoms with Crippen molar-refractivity contribution in [3.63, 3.8) is 0 Å². The van der Waals surface area contributed by atoms with Gasteiger partial charge in [0.15, 0.2) is 0 Å². The lowest BCUT2D eigenvalue weighted by atomic mass is 10.0. The molecule has 1 fully saturated rings. The van der Waals surface area contributed by atoms with Gasteiger partial charge in [-0.15, -0.1) is 0 Å². The highest BCUT2D eigenvalue weighted by Crippen LogP contribution is 2.45. The summed E-state index contributed by atoms with van der Waals surface area (Å²) < 4.78 is 7.15. The molecular weight excluding hydrogens is 332 g/mol. The van der Waals surface area contributed by atoms with Crippen molar-refractivity contribution in [2.45, 2.75) is 38.7 Å². The standard InChI is InChI=1S/C16H21BrN2O2/c1-16(2)10-11-12(17)6-7-13(14(11)21-16)18(3)15(20)19-8-4-5-9-19/h6-7H,4-5,8-10H2,1-3H3. The molecule has 0 N–H and O–H groups in total. The number of ether oxygens (including phenoxy) is 1. The Bertz CT molecular complexity index is 580. The zero-order chi connectivity index (χ0) is 15.2. The highest BCUT2D eigenvalue weighted by molar-refractivity contribution is 9.10. The summed E-state index contributed by atoms with van der Waals surface area (Å²) in [7, 11) is 1.83. The van der Waals surface area contributed by atoms with Crippen molar-refractivity contribution in [1.29, 1.82) is 0 Å². The molecule has 0 aliphatic carbocycles. The van der Waals surface area contributed by atoms with E-state index >= 15 is 0 Å². The number of benzene rings is 1. The fourth-order valence-corrected chi connectivity index (χ4v) is 3.55. The Morgan fingerprint density at radius 1 is 1.33 bits per heavy atom. The summed E-state index contributed by atoms with van der Waals surface area (Å²) >= 11 is 3.59. The maximum atomic E-state index is 12.6. The number of hydrogen-bond donors (Lipinski definition) is 0. The van der Waals surface area contributed by atoms with E-state index in [9.17, 15) is 4.79 Å². The van der Waals surface area contributed by atoms with Crippen molar-refractivity contribution in [2.75, 3.05) is 25.0 Å². The zero-order valence-corrected chi connectivity index (χ0v) is 14.4. The van der Waals surface area contributed by atoms with Crippen molar-refractivity contribution in [1.82, 2.24) is 4.90 Å². The van der Waals surface area contributed by atoms with E-state index in [0.717, 1.165) is 53.8 Å². The van der Waals surface area contributed by atoms with E-state index < -0.39 is 0 Å². The molecule has 0 aromatic heterocycles. The van der Waals surface area contributed by atoms with Crippen LogP contribution in [0.15, 0.2) is 16.6 Å². The van der Waals surface area contributed by atoms with Gasteiger partial charge in [0, 0.05) is 36.6 Å². The highest BCUT2D eigenvalue weighted by atomic mass is 79.9. The third-order valence-corrected chi connectivity index (χ3v) is 4.93. The lowest BCUT2D eigenvalue weighted by Crippen LogP contribution is -2.39. The van der Waals surface area contributed by atoms with Gasteiger partial charge in [0.1, 0.15) is 11.4 Å². The lowest BCUT2D eigenvalue weighted by Gasteiger charge is -2.26. The molecule has 0 radical (unpaired) electrons. The number of carbonyl (C=O) groups is 1. The van der Waals surface area contributed by atoms with E-state index in [0.29, 0.717) is 0 Å². The number of anilines is 1. The Kier molecular flexibility index (Phi) is 3.64. The number of amides is 2. The van der Waals surface area contributed by atoms with E-state index in [4.69, 9.17) is 4.74 Å². The predicted molar refractivity (Wildman–Crippen MR) is 87.2 cm³/mol. The van der Waals surface area contributed by atoms with Crippen molar-refractivity contribution >= 4 is 27.6 Å². The Morgan fingerprint density at radius 3 is 2.67 bits per heavy atom. The van der Waals surface area contributed by atoms with Crippen molar-refractivity contribution < 1.29 is 9.53 Å². The molecule has 3 rings (SSSR count). The summed E-state index contributed by atoms with van der Waals surface area (Å²) in [5, 5.41) is 0. The van der Waals surface area contributed by atoms with Gasteiger partial charge in [0.2, 0.25) is 0 Å². The first-order valence-corrected chi connectivity index (χ1v) is 8.21. The Labute approximate surface area is 134 Å². The Morgan fingerprint density at radius 2 is 2.00 bits per heavy atom. The third kappa shape index (κ3) is 2.63. The lowest BCUT2D eigenvalue weighted by molar-refractivity contribution is 0.139. The average molecular weight is 353 g/mol. The molecule has 0 bridgehead atoms. The molecule has 2 heterocycles. The fourth-order valence-electron chi connectivity index (χ4n) is 3.10. The molecule has 1 aromatic carbocycles. The molecule has 0 spiro atoms. The minimum absolute atomic E-state index is 0.0605. The van der Waals surface area contributed by atoms with E-state index in [1.54, 1.807) is 4.90 Å². The van der Waals surface area contributed by atoms with Crippen LogP contribution < -0.4 is 9.64 Å². The van der Waals surface area contributed by atoms with Crippen LogP contribution in [-0.4, -0.2) is 36.7 Å². The molecule has 5 heteroatoms. The molecule has 0 saturated carbocycles. The molecule has 2 aliphatic rings. The number of urea groups is 1. The zero-order valence-electron chi connectivity index (χ0n) is 12.8. The number of carbonyl (C=O) groups excluding carboxylic acids is 1. The molecule has 0 atom stereocenters. The summed E-state index contributed by atoms with van der Waals surface area (Å²) in [6.45, 7) is 5.86. The van der Waals surface area contributed by atoms with Crippen LogP contribution in [-0.2, 0) is 6.42 Å². The van der Waals surface area contributed by atoms with E-state index in [1.165, 1.54) is 0 Å². The van der Waals surface area contributed by atoms with Crippen LogP contribution in [0.25, 0.3) is 0 Å². The number of hydrogen-bond acceptors (Lipinski definition) is 2. The van der Waals surface area contributed by atoms with Gasteiger partial charge in [-0.2, -0.15) is 0 Å². The van der Waals surface area contributed by atoms with Gasteiger partial charge in [-0.25, -0.2) is 4.79 Å². The molecule has 1 aromatic rings. The van der Waals surface area contributed by atoms with Crippen LogP contribution in [0.5, 0.6) is 5.75 Å². The van der Waals surface area contributed by atoms with Gasteiger partial charge < -0.3 is 9.64 Å². The summed E-state index contributed by atoms with van der Waals surface area (Å²) in [6.07, 6.45) is 3.05. The SMILES string of the molecule is CN(C(=O)N1CCCC1)c1ccc(Br)c2c1OC(C)(C)C2. The predicted octanol–water partition coefficient (Wildman–Crippen LogP) is 3.81. The van der Waals surface area contributed by atoms with Gasteiger partial charge in [-0.05, 0) is 38.8 Å². The molecule has 1 saturated heterocycles. The molecule has 114 valence electrons. The third-order valence-electron chi connectivity index (χ3n) is 4.19. The van der Waals surface area contributed by atoms with Crippen LogP contribution in [0.4, 0.5) is 10.5 Å². The summed E-state index contributed by atoms with van der Waals surface area (Å²) in [5.74, 6) is 0.837. The van der Waals surface area contributed by atoms with Gasteiger partial charge >= 0.3 is 6.03 Å². The number of halogens is 1. The first-order chi connectivity index (χ1) is 9.89. The first-order valence-electron chi connectivity index (χ1n) is 7.42. The van der Waals surface area contributed by atoms with Crippen LogP contribution >= 0.6 is 15.9 Å². The number of fused-ring (bicyclic) bond motifs is 1. The van der Waals surface area contributed by atoms with Gasteiger partial charge in [0.25, 0.3) is 0 Å². The first kappa shape index (κ1) is 14.7. The Balaban J connectivity index is 1.93.